The number of unbranched alkanes of at least 4 members (excludes halogenated alkanes) is 3. The van der Waals surface area contributed by atoms with Gasteiger partial charge in [-0.2, -0.15) is 11.8 Å². The van der Waals surface area contributed by atoms with Crippen LogP contribution in [0.1, 0.15) is 36.0 Å². The fourth-order valence-electron chi connectivity index (χ4n) is 1.83. The Hall–Kier alpha value is -1.69. The summed E-state index contributed by atoms with van der Waals surface area (Å²) in [4.78, 5) is 22.5. The Morgan fingerprint density at radius 1 is 1.19 bits per heavy atom. The van der Waals surface area contributed by atoms with Gasteiger partial charge in [0.2, 0.25) is 0 Å². The minimum absolute atomic E-state index is 0.154. The number of benzene rings is 1. The molecule has 6 heteroatoms. The number of thioether (sulfide) groups is 1. The van der Waals surface area contributed by atoms with Gasteiger partial charge in [-0.25, -0.2) is 9.59 Å². The molecule has 0 spiro atoms. The van der Waals surface area contributed by atoms with Crippen LogP contribution in [0.5, 0.6) is 0 Å². The Kier molecular flexibility index (Phi) is 8.35. The number of amides is 2. The molecular formula is C15H22N2O3S. The molecule has 0 atom stereocenters. The average molecular weight is 310 g/mol. The summed E-state index contributed by atoms with van der Waals surface area (Å²) in [5.41, 5.74) is 0.633. The second kappa shape index (κ2) is 10.1. The van der Waals surface area contributed by atoms with Crippen molar-refractivity contribution < 1.29 is 14.7 Å². The topological polar surface area (TPSA) is 78.4 Å². The van der Waals surface area contributed by atoms with Gasteiger partial charge in [0.15, 0.2) is 0 Å². The van der Waals surface area contributed by atoms with Crippen LogP contribution in [0.4, 0.5) is 10.5 Å². The van der Waals surface area contributed by atoms with E-state index in [0.29, 0.717) is 12.2 Å². The normalized spacial score (nSPS) is 10.1. The Balaban J connectivity index is 2.21. The third kappa shape index (κ3) is 7.60. The predicted octanol–water partition coefficient (Wildman–Crippen LogP) is 3.43. The van der Waals surface area contributed by atoms with Crippen molar-refractivity contribution in [3.63, 3.8) is 0 Å². The molecule has 0 unspecified atom stereocenters. The first kappa shape index (κ1) is 17.4. The van der Waals surface area contributed by atoms with Crippen LogP contribution in [-0.4, -0.2) is 35.7 Å². The summed E-state index contributed by atoms with van der Waals surface area (Å²) >= 11 is 1.85. The van der Waals surface area contributed by atoms with Crippen LogP contribution < -0.4 is 10.6 Å². The zero-order valence-corrected chi connectivity index (χ0v) is 13.0. The van der Waals surface area contributed by atoms with Gasteiger partial charge in [-0.3, -0.25) is 0 Å². The largest absolute Gasteiger partial charge is 0.478 e. The number of rotatable bonds is 9. The van der Waals surface area contributed by atoms with Crippen LogP contribution in [0.3, 0.4) is 0 Å². The van der Waals surface area contributed by atoms with Crippen molar-refractivity contribution in [1.82, 2.24) is 5.32 Å². The maximum atomic E-state index is 11.7. The van der Waals surface area contributed by atoms with Gasteiger partial charge in [0.1, 0.15) is 0 Å². The Morgan fingerprint density at radius 2 is 1.95 bits per heavy atom. The minimum atomic E-state index is -1.01. The lowest BCUT2D eigenvalue weighted by molar-refractivity contribution is 0.0697. The highest BCUT2D eigenvalue weighted by Gasteiger charge is 2.05. The highest BCUT2D eigenvalue weighted by atomic mass is 32.2. The first-order valence-electron chi connectivity index (χ1n) is 7.00. The molecule has 0 radical (unpaired) electrons. The maximum absolute atomic E-state index is 11.7. The van der Waals surface area contributed by atoms with E-state index >= 15 is 0 Å². The number of aromatic carboxylic acids is 1. The number of carbonyl (C=O) groups is 2. The zero-order chi connectivity index (χ0) is 15.5. The molecule has 0 saturated carbocycles. The smallest absolute Gasteiger partial charge is 0.335 e. The van der Waals surface area contributed by atoms with E-state index in [1.807, 2.05) is 11.8 Å². The van der Waals surface area contributed by atoms with Gasteiger partial charge in [0, 0.05) is 12.2 Å². The Morgan fingerprint density at radius 3 is 2.67 bits per heavy atom. The minimum Gasteiger partial charge on any atom is -0.478 e. The lowest BCUT2D eigenvalue weighted by Gasteiger charge is -2.08. The molecule has 21 heavy (non-hydrogen) atoms. The number of carboxylic acid groups (broad SMARTS) is 1. The summed E-state index contributed by atoms with van der Waals surface area (Å²) < 4.78 is 0. The van der Waals surface area contributed by atoms with E-state index in [-0.39, 0.29) is 11.6 Å². The summed E-state index contributed by atoms with van der Waals surface area (Å²) in [5.74, 6) is 0.178. The van der Waals surface area contributed by atoms with E-state index in [9.17, 15) is 9.59 Å². The van der Waals surface area contributed by atoms with Gasteiger partial charge < -0.3 is 15.7 Å². The molecule has 116 valence electrons. The van der Waals surface area contributed by atoms with Gasteiger partial charge in [0.05, 0.1) is 5.56 Å². The fourth-order valence-corrected chi connectivity index (χ4v) is 2.32. The van der Waals surface area contributed by atoms with E-state index < -0.39 is 5.97 Å². The second-order valence-electron chi connectivity index (χ2n) is 4.67. The van der Waals surface area contributed by atoms with Gasteiger partial charge >= 0.3 is 12.0 Å². The molecule has 2 amide bonds. The van der Waals surface area contributed by atoms with E-state index in [2.05, 4.69) is 16.9 Å². The summed E-state index contributed by atoms with van der Waals surface area (Å²) in [6.07, 6.45) is 6.57. The lowest BCUT2D eigenvalue weighted by Crippen LogP contribution is -2.29. The van der Waals surface area contributed by atoms with Crippen molar-refractivity contribution in [2.24, 2.45) is 0 Å². The lowest BCUT2D eigenvalue weighted by atomic mass is 10.2. The Labute approximate surface area is 129 Å². The van der Waals surface area contributed by atoms with Crippen LogP contribution in [0.15, 0.2) is 24.3 Å². The number of carboxylic acids is 1. The molecule has 0 aliphatic heterocycles. The highest BCUT2D eigenvalue weighted by Crippen LogP contribution is 2.10. The number of hydrogen-bond acceptors (Lipinski definition) is 3. The summed E-state index contributed by atoms with van der Waals surface area (Å²) in [6.45, 7) is 0.629. The standard InChI is InChI=1S/C15H22N2O3S/c1-21-10-5-3-2-4-9-16-15(20)17-13-8-6-7-12(11-13)14(18)19/h6-8,11H,2-5,9-10H2,1H3,(H,18,19)(H2,16,17,20). The van der Waals surface area contributed by atoms with E-state index in [0.717, 1.165) is 12.8 Å². The second-order valence-corrected chi connectivity index (χ2v) is 5.66. The Bertz CT molecular complexity index is 466. The fraction of sp³-hybridized carbons (Fsp3) is 0.467. The van der Waals surface area contributed by atoms with Crippen molar-refractivity contribution >= 4 is 29.4 Å². The number of urea groups is 1. The predicted molar refractivity (Wildman–Crippen MR) is 87.3 cm³/mol. The van der Waals surface area contributed by atoms with E-state index in [1.165, 1.54) is 30.7 Å². The van der Waals surface area contributed by atoms with Gasteiger partial charge in [-0.05, 0) is 43.0 Å². The maximum Gasteiger partial charge on any atom is 0.335 e. The van der Waals surface area contributed by atoms with Crippen molar-refractivity contribution in [2.45, 2.75) is 25.7 Å². The van der Waals surface area contributed by atoms with Crippen molar-refractivity contribution in [2.75, 3.05) is 23.9 Å². The summed E-state index contributed by atoms with van der Waals surface area (Å²) in [5, 5.41) is 14.3. The van der Waals surface area contributed by atoms with Crippen molar-refractivity contribution in [3.8, 4) is 0 Å². The van der Waals surface area contributed by atoms with E-state index in [4.69, 9.17) is 5.11 Å². The van der Waals surface area contributed by atoms with Crippen LogP contribution in [0, 0.1) is 0 Å². The molecule has 0 aliphatic rings. The molecule has 0 saturated heterocycles. The number of anilines is 1. The third-order valence-electron chi connectivity index (χ3n) is 2.93. The van der Waals surface area contributed by atoms with Crippen molar-refractivity contribution in [3.05, 3.63) is 29.8 Å². The van der Waals surface area contributed by atoms with Crippen LogP contribution >= 0.6 is 11.8 Å². The first-order valence-corrected chi connectivity index (χ1v) is 8.40. The number of hydrogen-bond donors (Lipinski definition) is 3. The molecule has 1 rings (SSSR count). The molecule has 0 aliphatic carbocycles. The molecule has 1 aromatic carbocycles. The molecule has 0 bridgehead atoms. The van der Waals surface area contributed by atoms with Gasteiger partial charge in [0.25, 0.3) is 0 Å². The van der Waals surface area contributed by atoms with Crippen molar-refractivity contribution in [1.29, 1.82) is 0 Å². The molecule has 0 aromatic heterocycles. The third-order valence-corrected chi connectivity index (χ3v) is 3.63. The van der Waals surface area contributed by atoms with E-state index in [1.54, 1.807) is 12.1 Å². The molecule has 3 N–H and O–H groups in total. The highest BCUT2D eigenvalue weighted by molar-refractivity contribution is 7.98. The summed E-state index contributed by atoms with van der Waals surface area (Å²) in [7, 11) is 0. The summed E-state index contributed by atoms with van der Waals surface area (Å²) in [6, 6.07) is 5.88. The number of carbonyl (C=O) groups excluding carboxylic acids is 1. The number of nitrogens with one attached hydrogen (secondary N) is 2. The van der Waals surface area contributed by atoms with Gasteiger partial charge in [-0.15, -0.1) is 0 Å². The first-order chi connectivity index (χ1) is 10.1. The van der Waals surface area contributed by atoms with Crippen LogP contribution in [0.25, 0.3) is 0 Å². The van der Waals surface area contributed by atoms with Crippen LogP contribution in [0.2, 0.25) is 0 Å². The monoisotopic (exact) mass is 310 g/mol. The quantitative estimate of drug-likeness (QED) is 0.611. The molecule has 5 nitrogen and oxygen atoms in total. The molecule has 0 fully saturated rings. The molecule has 0 heterocycles. The zero-order valence-electron chi connectivity index (χ0n) is 12.2. The van der Waals surface area contributed by atoms with Gasteiger partial charge in [-0.1, -0.05) is 18.9 Å². The molecular weight excluding hydrogens is 288 g/mol. The average Bonchev–Trinajstić information content (AvgIpc) is 2.46. The molecule has 1 aromatic rings. The van der Waals surface area contributed by atoms with Crippen LogP contribution in [-0.2, 0) is 0 Å². The SMILES string of the molecule is CSCCCCCCNC(=O)Nc1cccc(C(=O)O)c1.